The molecule has 0 aliphatic heterocycles. The van der Waals surface area contributed by atoms with Crippen molar-refractivity contribution in [2.75, 3.05) is 0 Å². The molecule has 1 aromatic carbocycles. The molecular formula is C10H7BrN2. The van der Waals surface area contributed by atoms with Crippen LogP contribution in [0.3, 0.4) is 0 Å². The number of aryl methyl sites for hydroxylation is 1. The van der Waals surface area contributed by atoms with E-state index >= 15 is 0 Å². The molecule has 1 aromatic rings. The molecule has 0 heterocycles. The van der Waals surface area contributed by atoms with E-state index in [4.69, 9.17) is 10.5 Å². The van der Waals surface area contributed by atoms with Crippen molar-refractivity contribution in [1.29, 1.82) is 10.5 Å². The first kappa shape index (κ1) is 9.77. The van der Waals surface area contributed by atoms with Gasteiger partial charge in [-0.15, -0.1) is 0 Å². The monoisotopic (exact) mass is 234 g/mol. The van der Waals surface area contributed by atoms with E-state index in [0.29, 0.717) is 18.4 Å². The molecule has 0 radical (unpaired) electrons. The molecular weight excluding hydrogens is 228 g/mol. The number of nitrogens with zero attached hydrogens (tertiary/aromatic N) is 2. The lowest BCUT2D eigenvalue weighted by atomic mass is 10.0. The SMILES string of the molecule is N#CCCc1cccc(Br)c1C#N. The van der Waals surface area contributed by atoms with E-state index in [1.807, 2.05) is 18.2 Å². The summed E-state index contributed by atoms with van der Waals surface area (Å²) in [7, 11) is 0. The van der Waals surface area contributed by atoms with Crippen LogP contribution in [0.15, 0.2) is 22.7 Å². The number of nitriles is 2. The molecule has 0 aromatic heterocycles. The maximum atomic E-state index is 8.84. The Morgan fingerprint density at radius 3 is 2.69 bits per heavy atom. The van der Waals surface area contributed by atoms with Gasteiger partial charge in [-0.3, -0.25) is 0 Å². The predicted molar refractivity (Wildman–Crippen MR) is 52.8 cm³/mol. The average molecular weight is 235 g/mol. The summed E-state index contributed by atoms with van der Waals surface area (Å²) < 4.78 is 0.797. The van der Waals surface area contributed by atoms with E-state index in [2.05, 4.69) is 28.1 Å². The van der Waals surface area contributed by atoms with Gasteiger partial charge >= 0.3 is 0 Å². The molecule has 0 aliphatic rings. The summed E-state index contributed by atoms with van der Waals surface area (Å²) in [5.41, 5.74) is 1.57. The fraction of sp³-hybridized carbons (Fsp3) is 0.200. The van der Waals surface area contributed by atoms with Crippen LogP contribution in [0.4, 0.5) is 0 Å². The molecule has 0 saturated heterocycles. The van der Waals surface area contributed by atoms with Crippen molar-refractivity contribution in [2.45, 2.75) is 12.8 Å². The van der Waals surface area contributed by atoms with Crippen LogP contribution in [0.2, 0.25) is 0 Å². The molecule has 0 N–H and O–H groups in total. The van der Waals surface area contributed by atoms with Crippen LogP contribution in [0.25, 0.3) is 0 Å². The molecule has 0 unspecified atom stereocenters. The Morgan fingerprint density at radius 2 is 2.08 bits per heavy atom. The first-order valence-corrected chi connectivity index (χ1v) is 4.63. The third-order valence-electron chi connectivity index (χ3n) is 1.72. The summed E-state index contributed by atoms with van der Waals surface area (Å²) in [6.07, 6.45) is 1.09. The van der Waals surface area contributed by atoms with Crippen LogP contribution < -0.4 is 0 Å². The van der Waals surface area contributed by atoms with E-state index in [9.17, 15) is 0 Å². The Balaban J connectivity index is 3.02. The Kier molecular flexibility index (Phi) is 3.49. The summed E-state index contributed by atoms with van der Waals surface area (Å²) in [6, 6.07) is 9.75. The lowest BCUT2D eigenvalue weighted by Gasteiger charge is -2.01. The van der Waals surface area contributed by atoms with Crippen molar-refractivity contribution in [3.63, 3.8) is 0 Å². The minimum absolute atomic E-state index is 0.450. The van der Waals surface area contributed by atoms with Gasteiger partial charge in [0.15, 0.2) is 0 Å². The van der Waals surface area contributed by atoms with E-state index in [1.165, 1.54) is 0 Å². The number of rotatable bonds is 2. The summed E-state index contributed by atoms with van der Waals surface area (Å²) in [5, 5.41) is 17.3. The van der Waals surface area contributed by atoms with Crippen molar-refractivity contribution in [2.24, 2.45) is 0 Å². The minimum atomic E-state index is 0.450. The average Bonchev–Trinajstić information content (AvgIpc) is 2.15. The zero-order valence-corrected chi connectivity index (χ0v) is 8.50. The Morgan fingerprint density at radius 1 is 1.31 bits per heavy atom. The van der Waals surface area contributed by atoms with Gasteiger partial charge in [0, 0.05) is 10.9 Å². The van der Waals surface area contributed by atoms with Gasteiger partial charge in [0.05, 0.1) is 11.6 Å². The Hall–Kier alpha value is -1.32. The summed E-state index contributed by atoms with van der Waals surface area (Å²) >= 11 is 3.29. The van der Waals surface area contributed by atoms with Gasteiger partial charge in [0.2, 0.25) is 0 Å². The first-order chi connectivity index (χ1) is 6.29. The highest BCUT2D eigenvalue weighted by Crippen LogP contribution is 2.20. The van der Waals surface area contributed by atoms with E-state index in [1.54, 1.807) is 0 Å². The van der Waals surface area contributed by atoms with Crippen LogP contribution >= 0.6 is 15.9 Å². The maximum absolute atomic E-state index is 8.84. The quantitative estimate of drug-likeness (QED) is 0.791. The molecule has 64 valence electrons. The number of hydrogen-bond acceptors (Lipinski definition) is 2. The van der Waals surface area contributed by atoms with Crippen LogP contribution in [0.1, 0.15) is 17.5 Å². The van der Waals surface area contributed by atoms with Gasteiger partial charge in [0.25, 0.3) is 0 Å². The van der Waals surface area contributed by atoms with Crippen molar-refractivity contribution < 1.29 is 0 Å². The maximum Gasteiger partial charge on any atom is 0.101 e. The zero-order valence-electron chi connectivity index (χ0n) is 6.92. The molecule has 0 spiro atoms. The van der Waals surface area contributed by atoms with E-state index < -0.39 is 0 Å². The highest BCUT2D eigenvalue weighted by molar-refractivity contribution is 9.10. The van der Waals surface area contributed by atoms with Crippen LogP contribution in [0, 0.1) is 22.7 Å². The van der Waals surface area contributed by atoms with Crippen molar-refractivity contribution in [1.82, 2.24) is 0 Å². The molecule has 0 atom stereocenters. The van der Waals surface area contributed by atoms with Gasteiger partial charge in [0.1, 0.15) is 6.07 Å². The fourth-order valence-corrected chi connectivity index (χ4v) is 1.59. The lowest BCUT2D eigenvalue weighted by Crippen LogP contribution is -1.90. The third-order valence-corrected chi connectivity index (χ3v) is 2.38. The molecule has 0 aliphatic carbocycles. The molecule has 1 rings (SSSR count). The molecule has 13 heavy (non-hydrogen) atoms. The largest absolute Gasteiger partial charge is 0.198 e. The fourth-order valence-electron chi connectivity index (χ4n) is 1.09. The van der Waals surface area contributed by atoms with Gasteiger partial charge in [-0.05, 0) is 34.0 Å². The highest BCUT2D eigenvalue weighted by Gasteiger charge is 2.04. The van der Waals surface area contributed by atoms with Crippen molar-refractivity contribution >= 4 is 15.9 Å². The van der Waals surface area contributed by atoms with Gasteiger partial charge in [-0.25, -0.2) is 0 Å². The number of hydrogen-bond donors (Lipinski definition) is 0. The van der Waals surface area contributed by atoms with E-state index in [0.717, 1.165) is 10.0 Å². The molecule has 0 saturated carbocycles. The molecule has 2 nitrogen and oxygen atoms in total. The Labute approximate surface area is 85.5 Å². The van der Waals surface area contributed by atoms with Crippen LogP contribution in [-0.4, -0.2) is 0 Å². The summed E-state index contributed by atoms with van der Waals surface area (Å²) in [4.78, 5) is 0. The van der Waals surface area contributed by atoms with Gasteiger partial charge < -0.3 is 0 Å². The second-order valence-electron chi connectivity index (χ2n) is 2.54. The second-order valence-corrected chi connectivity index (χ2v) is 3.40. The lowest BCUT2D eigenvalue weighted by molar-refractivity contribution is 1.00. The van der Waals surface area contributed by atoms with Gasteiger partial charge in [-0.1, -0.05) is 12.1 Å². The molecule has 0 bridgehead atoms. The molecule has 0 fully saturated rings. The smallest absolute Gasteiger partial charge is 0.101 e. The normalized spacial score (nSPS) is 8.85. The first-order valence-electron chi connectivity index (χ1n) is 3.84. The number of benzene rings is 1. The Bertz CT molecular complexity index is 385. The number of halogens is 1. The van der Waals surface area contributed by atoms with Crippen molar-refractivity contribution in [3.05, 3.63) is 33.8 Å². The molecule has 3 heteroatoms. The molecule has 0 amide bonds. The van der Waals surface area contributed by atoms with Crippen LogP contribution in [0.5, 0.6) is 0 Å². The highest BCUT2D eigenvalue weighted by atomic mass is 79.9. The van der Waals surface area contributed by atoms with Crippen LogP contribution in [-0.2, 0) is 6.42 Å². The summed E-state index contributed by atoms with van der Waals surface area (Å²) in [5.74, 6) is 0. The van der Waals surface area contributed by atoms with E-state index in [-0.39, 0.29) is 0 Å². The minimum Gasteiger partial charge on any atom is -0.198 e. The zero-order chi connectivity index (χ0) is 9.68. The third kappa shape index (κ3) is 2.31. The van der Waals surface area contributed by atoms with Crippen molar-refractivity contribution in [3.8, 4) is 12.1 Å². The second kappa shape index (κ2) is 4.64. The predicted octanol–water partition coefficient (Wildman–Crippen LogP) is 2.78. The summed E-state index contributed by atoms with van der Waals surface area (Å²) in [6.45, 7) is 0. The topological polar surface area (TPSA) is 47.6 Å². The van der Waals surface area contributed by atoms with Gasteiger partial charge in [-0.2, -0.15) is 10.5 Å². The standard InChI is InChI=1S/C10H7BrN2/c11-10-5-1-3-8(4-2-6-12)9(10)7-13/h1,3,5H,2,4H2.